The van der Waals surface area contributed by atoms with Crippen molar-refractivity contribution in [3.8, 4) is 11.5 Å². The molecular weight excluding hydrogens is 484 g/mol. The number of halogens is 1. The highest BCUT2D eigenvalue weighted by molar-refractivity contribution is 9.10. The van der Waals surface area contributed by atoms with Gasteiger partial charge in [0.2, 0.25) is 0 Å². The van der Waals surface area contributed by atoms with Gasteiger partial charge in [0.1, 0.15) is 12.3 Å². The van der Waals surface area contributed by atoms with Crippen molar-refractivity contribution in [2.75, 3.05) is 20.7 Å². The number of aromatic carboxylic acids is 1. The van der Waals surface area contributed by atoms with E-state index in [1.807, 2.05) is 6.92 Å². The number of hydrogen-bond donors (Lipinski definition) is 1. The number of carbonyl (C=O) groups excluding carboxylic acids is 1. The van der Waals surface area contributed by atoms with Gasteiger partial charge in [0.25, 0.3) is 5.91 Å². The van der Waals surface area contributed by atoms with Crippen molar-refractivity contribution in [2.45, 2.75) is 13.5 Å². The topological polar surface area (TPSA) is 79.3 Å². The predicted octanol–water partition coefficient (Wildman–Crippen LogP) is 4.15. The van der Waals surface area contributed by atoms with E-state index in [9.17, 15) is 9.59 Å². The Morgan fingerprint density at radius 1 is 1.13 bits per heavy atom. The molecule has 0 spiro atoms. The van der Waals surface area contributed by atoms with E-state index in [4.69, 9.17) is 26.8 Å². The highest BCUT2D eigenvalue weighted by Crippen LogP contribution is 2.36. The summed E-state index contributed by atoms with van der Waals surface area (Å²) in [5.74, 6) is -0.0961. The number of carbonyl (C=O) groups is 2. The van der Waals surface area contributed by atoms with Gasteiger partial charge in [-0.3, -0.25) is 9.69 Å². The van der Waals surface area contributed by atoms with Gasteiger partial charge >= 0.3 is 5.97 Å². The van der Waals surface area contributed by atoms with Crippen LogP contribution in [-0.2, 0) is 11.4 Å². The average Bonchev–Trinajstić information content (AvgIpc) is 2.93. The smallest absolute Gasteiger partial charge is 0.335 e. The van der Waals surface area contributed by atoms with Gasteiger partial charge in [-0.15, -0.1) is 0 Å². The van der Waals surface area contributed by atoms with Crippen LogP contribution in [0.25, 0.3) is 6.08 Å². The molecule has 0 radical (unpaired) electrons. The van der Waals surface area contributed by atoms with Gasteiger partial charge in [-0.1, -0.05) is 28.1 Å². The van der Waals surface area contributed by atoms with Gasteiger partial charge in [-0.05, 0) is 60.6 Å². The summed E-state index contributed by atoms with van der Waals surface area (Å²) >= 11 is 8.80. The minimum Gasteiger partial charge on any atom is -0.490 e. The van der Waals surface area contributed by atoms with E-state index in [2.05, 4.69) is 15.9 Å². The van der Waals surface area contributed by atoms with Gasteiger partial charge in [0, 0.05) is 18.6 Å². The zero-order valence-electron chi connectivity index (χ0n) is 17.2. The molecule has 0 aliphatic carbocycles. The van der Waals surface area contributed by atoms with Crippen LogP contribution in [0.2, 0.25) is 0 Å². The number of carboxylic acids is 1. The number of amides is 1. The number of thiocarbonyl (C=S) groups is 1. The van der Waals surface area contributed by atoms with Gasteiger partial charge in [0.05, 0.1) is 12.2 Å². The van der Waals surface area contributed by atoms with E-state index in [0.29, 0.717) is 28.9 Å². The van der Waals surface area contributed by atoms with E-state index >= 15 is 0 Å². The van der Waals surface area contributed by atoms with Crippen LogP contribution < -0.4 is 9.47 Å². The Bertz CT molecular complexity index is 1070. The van der Waals surface area contributed by atoms with Gasteiger partial charge in [0.15, 0.2) is 16.6 Å². The first-order valence-electron chi connectivity index (χ1n) is 9.41. The van der Waals surface area contributed by atoms with Crippen molar-refractivity contribution in [3.63, 3.8) is 0 Å². The molecule has 1 fully saturated rings. The fraction of sp³-hybridized carbons (Fsp3) is 0.227. The Morgan fingerprint density at radius 2 is 1.77 bits per heavy atom. The second-order valence-electron chi connectivity index (χ2n) is 6.78. The highest BCUT2D eigenvalue weighted by atomic mass is 79.9. The molecule has 9 heteroatoms. The monoisotopic (exact) mass is 504 g/mol. The second-order valence-corrected chi connectivity index (χ2v) is 8.00. The number of ether oxygens (including phenoxy) is 2. The molecule has 3 rings (SSSR count). The van der Waals surface area contributed by atoms with Crippen LogP contribution in [0.15, 0.2) is 46.6 Å². The average molecular weight is 505 g/mol. The molecule has 1 amide bonds. The first-order valence-corrected chi connectivity index (χ1v) is 10.6. The Labute approximate surface area is 194 Å². The Morgan fingerprint density at radius 3 is 2.32 bits per heavy atom. The number of rotatable bonds is 7. The predicted molar refractivity (Wildman–Crippen MR) is 124 cm³/mol. The largest absolute Gasteiger partial charge is 0.490 e. The lowest BCUT2D eigenvalue weighted by Crippen LogP contribution is -2.26. The molecule has 0 aromatic heterocycles. The maximum atomic E-state index is 12.5. The molecule has 31 heavy (non-hydrogen) atoms. The number of likely N-dealkylation sites (N-methyl/N-ethyl adjacent to an activating group) is 2. The molecule has 0 atom stereocenters. The van der Waals surface area contributed by atoms with E-state index in [-0.39, 0.29) is 18.1 Å². The standard InChI is InChI=1S/C22H21BrN2O5S/c1-4-29-18-10-15(9-17-20(26)25(3)22(31)24(17)2)16(23)11-19(18)30-12-13-5-7-14(8-6-13)21(27)28/h5-11H,4,12H2,1-3H3,(H,27,28). The minimum absolute atomic E-state index is 0.178. The summed E-state index contributed by atoms with van der Waals surface area (Å²) in [6, 6.07) is 10.1. The number of hydrogen-bond acceptors (Lipinski definition) is 5. The van der Waals surface area contributed by atoms with Crippen LogP contribution in [0.4, 0.5) is 0 Å². The van der Waals surface area contributed by atoms with Crippen LogP contribution in [0.1, 0.15) is 28.4 Å². The third-order valence-electron chi connectivity index (χ3n) is 4.71. The van der Waals surface area contributed by atoms with Crippen molar-refractivity contribution in [3.05, 3.63) is 63.3 Å². The maximum Gasteiger partial charge on any atom is 0.335 e. The molecule has 1 heterocycles. The molecule has 162 valence electrons. The van der Waals surface area contributed by atoms with Crippen molar-refractivity contribution < 1.29 is 24.2 Å². The van der Waals surface area contributed by atoms with Crippen LogP contribution in [-0.4, -0.2) is 52.6 Å². The fourth-order valence-electron chi connectivity index (χ4n) is 2.98. The quantitative estimate of drug-likeness (QED) is 0.447. The molecular formula is C22H21BrN2O5S. The van der Waals surface area contributed by atoms with E-state index < -0.39 is 5.97 Å². The van der Waals surface area contributed by atoms with Crippen molar-refractivity contribution >= 4 is 51.2 Å². The molecule has 1 N–H and O–H groups in total. The van der Waals surface area contributed by atoms with Crippen molar-refractivity contribution in [2.24, 2.45) is 0 Å². The normalized spacial score (nSPS) is 15.0. The molecule has 1 saturated heterocycles. The summed E-state index contributed by atoms with van der Waals surface area (Å²) in [4.78, 5) is 26.5. The molecule has 2 aromatic carbocycles. The molecule has 0 saturated carbocycles. The van der Waals surface area contributed by atoms with Crippen LogP contribution in [0.5, 0.6) is 11.5 Å². The third-order valence-corrected chi connectivity index (χ3v) is 5.94. The fourth-order valence-corrected chi connectivity index (χ4v) is 3.60. The Kier molecular flexibility index (Phi) is 6.97. The van der Waals surface area contributed by atoms with E-state index in [0.717, 1.165) is 15.6 Å². The number of carboxylic acid groups (broad SMARTS) is 1. The molecule has 0 unspecified atom stereocenters. The van der Waals surface area contributed by atoms with E-state index in [1.165, 1.54) is 17.0 Å². The zero-order valence-corrected chi connectivity index (χ0v) is 19.6. The summed E-state index contributed by atoms with van der Waals surface area (Å²) < 4.78 is 12.4. The van der Waals surface area contributed by atoms with E-state index in [1.54, 1.807) is 49.3 Å². The zero-order chi connectivity index (χ0) is 22.7. The van der Waals surface area contributed by atoms with Gasteiger partial charge < -0.3 is 19.5 Å². The lowest BCUT2D eigenvalue weighted by atomic mass is 10.1. The molecule has 0 bridgehead atoms. The lowest BCUT2D eigenvalue weighted by Gasteiger charge is -2.15. The lowest BCUT2D eigenvalue weighted by molar-refractivity contribution is -0.121. The molecule has 2 aromatic rings. The first kappa shape index (κ1) is 22.8. The highest BCUT2D eigenvalue weighted by Gasteiger charge is 2.33. The first-order chi connectivity index (χ1) is 14.7. The van der Waals surface area contributed by atoms with Crippen molar-refractivity contribution in [1.82, 2.24) is 9.80 Å². The van der Waals surface area contributed by atoms with Crippen molar-refractivity contribution in [1.29, 1.82) is 0 Å². The van der Waals surface area contributed by atoms with Crippen LogP contribution in [0, 0.1) is 0 Å². The minimum atomic E-state index is -0.974. The SMILES string of the molecule is CCOc1cc(C=C2C(=O)N(C)C(=S)N2C)c(Br)cc1OCc1ccc(C(=O)O)cc1. The maximum absolute atomic E-state index is 12.5. The summed E-state index contributed by atoms with van der Waals surface area (Å²) in [7, 11) is 3.39. The Balaban J connectivity index is 1.87. The summed E-state index contributed by atoms with van der Waals surface area (Å²) in [6.45, 7) is 2.55. The van der Waals surface area contributed by atoms with Crippen LogP contribution >= 0.6 is 28.1 Å². The molecule has 7 nitrogen and oxygen atoms in total. The molecule has 1 aliphatic rings. The molecule has 1 aliphatic heterocycles. The Hall–Kier alpha value is -2.91. The summed E-state index contributed by atoms with van der Waals surface area (Å²) in [5, 5.41) is 9.44. The number of nitrogens with zero attached hydrogens (tertiary/aromatic N) is 2. The number of benzene rings is 2. The van der Waals surface area contributed by atoms with Crippen LogP contribution in [0.3, 0.4) is 0 Å². The summed E-state index contributed by atoms with van der Waals surface area (Å²) in [5.41, 5.74) is 2.25. The third kappa shape index (κ3) is 4.88. The van der Waals surface area contributed by atoms with Gasteiger partial charge in [-0.2, -0.15) is 0 Å². The van der Waals surface area contributed by atoms with Gasteiger partial charge in [-0.25, -0.2) is 4.79 Å². The summed E-state index contributed by atoms with van der Waals surface area (Å²) in [6.07, 6.45) is 1.75. The second kappa shape index (κ2) is 9.49.